The molecule has 0 spiro atoms. The van der Waals surface area contributed by atoms with Gasteiger partial charge in [-0.2, -0.15) is 0 Å². The average molecular weight is 354 g/mol. The summed E-state index contributed by atoms with van der Waals surface area (Å²) in [5.74, 6) is 0.198. The van der Waals surface area contributed by atoms with Crippen LogP contribution in [0, 0.1) is 0 Å². The lowest BCUT2D eigenvalue weighted by molar-refractivity contribution is -0.108. The summed E-state index contributed by atoms with van der Waals surface area (Å²) in [4.78, 5) is 22.3. The molecule has 6 heteroatoms. The molecule has 1 N–H and O–H groups in total. The predicted octanol–water partition coefficient (Wildman–Crippen LogP) is 2.04. The van der Waals surface area contributed by atoms with Crippen molar-refractivity contribution < 1.29 is 14.3 Å². The molecule has 86 valence electrons. The average Bonchev–Trinajstić information content (AvgIpc) is 2.25. The van der Waals surface area contributed by atoms with E-state index in [2.05, 4.69) is 5.32 Å². The van der Waals surface area contributed by atoms with Crippen molar-refractivity contribution in [2.24, 2.45) is 0 Å². The van der Waals surface area contributed by atoms with Gasteiger partial charge in [-0.05, 0) is 18.2 Å². The Morgan fingerprint density at radius 1 is 1.50 bits per heavy atom. The Hall–Kier alpha value is -0.820. The van der Waals surface area contributed by atoms with E-state index in [1.165, 1.54) is 7.11 Å². The minimum Gasteiger partial charge on any atom is -0.497 e. The van der Waals surface area contributed by atoms with Gasteiger partial charge in [0.2, 0.25) is 3.79 Å². The molecule has 1 amide bonds. The molecule has 0 atom stereocenters. The second kappa shape index (κ2) is 6.05. The van der Waals surface area contributed by atoms with Gasteiger partial charge in [0.25, 0.3) is 5.91 Å². The largest absolute Gasteiger partial charge is 0.497 e. The quantitative estimate of drug-likeness (QED) is 0.666. The summed E-state index contributed by atoms with van der Waals surface area (Å²) < 4.78 is 4.81. The standard InChI is InChI=1S/C10H9ClINO3/c1-16-6-2-3-7(8(11)4-6)10(15)13-5-9(12)14/h2-4H,5H2,1H3,(H,13,15). The van der Waals surface area contributed by atoms with Gasteiger partial charge in [0.05, 0.1) is 24.2 Å². The molecule has 0 aliphatic rings. The Morgan fingerprint density at radius 2 is 2.19 bits per heavy atom. The molecule has 0 radical (unpaired) electrons. The third-order valence-electron chi connectivity index (χ3n) is 1.81. The Balaban J connectivity index is 2.79. The zero-order valence-corrected chi connectivity index (χ0v) is 11.3. The molecular formula is C10H9ClINO3. The predicted molar refractivity (Wildman–Crippen MR) is 69.4 cm³/mol. The summed E-state index contributed by atoms with van der Waals surface area (Å²) in [6, 6.07) is 4.73. The van der Waals surface area contributed by atoms with Crippen LogP contribution in [-0.4, -0.2) is 23.4 Å². The molecule has 0 bridgehead atoms. The summed E-state index contributed by atoms with van der Waals surface area (Å²) in [7, 11) is 1.51. The van der Waals surface area contributed by atoms with Crippen LogP contribution in [0.3, 0.4) is 0 Å². The Kier molecular flexibility index (Phi) is 5.01. The SMILES string of the molecule is COc1ccc(C(=O)NCC(=O)I)c(Cl)c1. The first-order valence-corrected chi connectivity index (χ1v) is 5.80. The number of hydrogen-bond acceptors (Lipinski definition) is 3. The summed E-state index contributed by atoms with van der Waals surface area (Å²) in [6.07, 6.45) is 0. The van der Waals surface area contributed by atoms with Crippen molar-refractivity contribution in [2.45, 2.75) is 0 Å². The lowest BCUT2D eigenvalue weighted by Crippen LogP contribution is -2.27. The fraction of sp³-hybridized carbons (Fsp3) is 0.200. The van der Waals surface area contributed by atoms with Crippen molar-refractivity contribution in [3.8, 4) is 5.75 Å². The van der Waals surface area contributed by atoms with Crippen LogP contribution in [0.4, 0.5) is 0 Å². The van der Waals surface area contributed by atoms with Crippen molar-refractivity contribution in [3.63, 3.8) is 0 Å². The van der Waals surface area contributed by atoms with Gasteiger partial charge in [-0.15, -0.1) is 0 Å². The first-order chi connectivity index (χ1) is 7.54. The number of carbonyl (C=O) groups is 2. The fourth-order valence-corrected chi connectivity index (χ4v) is 1.50. The number of methoxy groups -OCH3 is 1. The van der Waals surface area contributed by atoms with Crippen LogP contribution < -0.4 is 10.1 Å². The lowest BCUT2D eigenvalue weighted by Gasteiger charge is -2.06. The Morgan fingerprint density at radius 3 is 2.69 bits per heavy atom. The van der Waals surface area contributed by atoms with E-state index in [9.17, 15) is 9.59 Å². The van der Waals surface area contributed by atoms with Crippen molar-refractivity contribution in [3.05, 3.63) is 28.8 Å². The molecule has 4 nitrogen and oxygen atoms in total. The number of benzene rings is 1. The van der Waals surface area contributed by atoms with Gasteiger partial charge in [0, 0.05) is 22.6 Å². The number of nitrogens with one attached hydrogen (secondary N) is 1. The van der Waals surface area contributed by atoms with Crippen molar-refractivity contribution in [1.82, 2.24) is 5.32 Å². The molecule has 0 unspecified atom stereocenters. The van der Waals surface area contributed by atoms with E-state index in [4.69, 9.17) is 16.3 Å². The van der Waals surface area contributed by atoms with Crippen LogP contribution >= 0.6 is 34.2 Å². The molecule has 1 aromatic rings. The van der Waals surface area contributed by atoms with Gasteiger partial charge in [0.1, 0.15) is 5.75 Å². The molecule has 0 aliphatic heterocycles. The maximum absolute atomic E-state index is 11.6. The third-order valence-corrected chi connectivity index (χ3v) is 2.50. The maximum atomic E-state index is 11.6. The van der Waals surface area contributed by atoms with Crippen LogP contribution in [0.5, 0.6) is 5.75 Å². The van der Waals surface area contributed by atoms with Crippen molar-refractivity contribution in [2.75, 3.05) is 13.7 Å². The van der Waals surface area contributed by atoms with Gasteiger partial charge in [-0.3, -0.25) is 9.59 Å². The summed E-state index contributed by atoms with van der Waals surface area (Å²) in [5, 5.41) is 2.75. The van der Waals surface area contributed by atoms with Gasteiger partial charge in [-0.25, -0.2) is 0 Å². The summed E-state index contributed by atoms with van der Waals surface area (Å²) in [6.45, 7) is -0.0122. The van der Waals surface area contributed by atoms with E-state index < -0.39 is 0 Å². The van der Waals surface area contributed by atoms with E-state index in [1.54, 1.807) is 40.8 Å². The van der Waals surface area contributed by atoms with Gasteiger partial charge in [0.15, 0.2) is 0 Å². The number of rotatable bonds is 4. The highest BCUT2D eigenvalue weighted by molar-refractivity contribution is 14.1. The Labute approximate surface area is 111 Å². The number of halogens is 2. The second-order valence-electron chi connectivity index (χ2n) is 2.88. The topological polar surface area (TPSA) is 55.4 Å². The number of hydrogen-bond donors (Lipinski definition) is 1. The first kappa shape index (κ1) is 13.2. The molecule has 1 aromatic carbocycles. The highest BCUT2D eigenvalue weighted by atomic mass is 127. The fourth-order valence-electron chi connectivity index (χ4n) is 1.05. The molecule has 0 fully saturated rings. The van der Waals surface area contributed by atoms with Gasteiger partial charge < -0.3 is 10.1 Å². The molecule has 0 heterocycles. The zero-order valence-electron chi connectivity index (χ0n) is 8.42. The van der Waals surface area contributed by atoms with E-state index in [0.717, 1.165) is 0 Å². The van der Waals surface area contributed by atoms with Crippen LogP contribution in [0.2, 0.25) is 5.02 Å². The second-order valence-corrected chi connectivity index (χ2v) is 4.49. The van der Waals surface area contributed by atoms with Crippen molar-refractivity contribution in [1.29, 1.82) is 0 Å². The van der Waals surface area contributed by atoms with Crippen LogP contribution in [0.25, 0.3) is 0 Å². The molecular weight excluding hydrogens is 344 g/mol. The third kappa shape index (κ3) is 3.64. The monoisotopic (exact) mass is 353 g/mol. The first-order valence-electron chi connectivity index (χ1n) is 4.34. The van der Waals surface area contributed by atoms with E-state index in [-0.39, 0.29) is 21.3 Å². The Bertz CT molecular complexity index is 423. The van der Waals surface area contributed by atoms with Crippen LogP contribution in [-0.2, 0) is 4.79 Å². The highest BCUT2D eigenvalue weighted by Crippen LogP contribution is 2.22. The van der Waals surface area contributed by atoms with Crippen LogP contribution in [0.1, 0.15) is 10.4 Å². The molecule has 0 aromatic heterocycles. The van der Waals surface area contributed by atoms with Crippen molar-refractivity contribution >= 4 is 43.9 Å². The van der Waals surface area contributed by atoms with Gasteiger partial charge in [-0.1, -0.05) is 11.6 Å². The van der Waals surface area contributed by atoms with E-state index in [0.29, 0.717) is 11.3 Å². The number of carbonyl (C=O) groups excluding carboxylic acids is 2. The molecule has 0 saturated carbocycles. The summed E-state index contributed by atoms with van der Waals surface area (Å²) in [5.41, 5.74) is 0.320. The molecule has 0 aliphatic carbocycles. The molecule has 16 heavy (non-hydrogen) atoms. The molecule has 1 rings (SSSR count). The highest BCUT2D eigenvalue weighted by Gasteiger charge is 2.11. The lowest BCUT2D eigenvalue weighted by atomic mass is 10.2. The van der Waals surface area contributed by atoms with E-state index in [1.807, 2.05) is 0 Å². The number of amides is 1. The minimum absolute atomic E-state index is 0.0122. The zero-order chi connectivity index (χ0) is 12.1. The van der Waals surface area contributed by atoms with Crippen LogP contribution in [0.15, 0.2) is 18.2 Å². The summed E-state index contributed by atoms with van der Waals surface area (Å²) >= 11 is 7.50. The minimum atomic E-state index is -0.377. The smallest absolute Gasteiger partial charge is 0.253 e. The normalized spacial score (nSPS) is 9.69. The van der Waals surface area contributed by atoms with Gasteiger partial charge >= 0.3 is 0 Å². The maximum Gasteiger partial charge on any atom is 0.253 e. The number of ether oxygens (including phenoxy) is 1. The molecule has 0 saturated heterocycles. The van der Waals surface area contributed by atoms with E-state index >= 15 is 0 Å².